The third-order valence-electron chi connectivity index (χ3n) is 3.31. The van der Waals surface area contributed by atoms with Crippen LogP contribution in [0.1, 0.15) is 22.8 Å². The number of ether oxygens (including phenoxy) is 2. The van der Waals surface area contributed by atoms with Crippen LogP contribution in [0.15, 0.2) is 42.5 Å². The van der Waals surface area contributed by atoms with Crippen molar-refractivity contribution in [1.82, 2.24) is 5.32 Å². The quantitative estimate of drug-likeness (QED) is 0.622. The first kappa shape index (κ1) is 17.3. The van der Waals surface area contributed by atoms with Crippen molar-refractivity contribution >= 4 is 11.6 Å². The SMILES string of the molecule is CCOc1ccc([N+](=O)[O-])cc1C(=O)NCc1cccc(OC)c1. The normalized spacial score (nSPS) is 10.1. The van der Waals surface area contributed by atoms with E-state index in [2.05, 4.69) is 5.32 Å². The van der Waals surface area contributed by atoms with Crippen molar-refractivity contribution in [2.45, 2.75) is 13.5 Å². The zero-order chi connectivity index (χ0) is 17.5. The Bertz CT molecular complexity index is 746. The lowest BCUT2D eigenvalue weighted by molar-refractivity contribution is -0.384. The molecule has 0 atom stereocenters. The van der Waals surface area contributed by atoms with Crippen molar-refractivity contribution < 1.29 is 19.2 Å². The fraction of sp³-hybridized carbons (Fsp3) is 0.235. The average molecular weight is 330 g/mol. The molecule has 0 aliphatic carbocycles. The average Bonchev–Trinajstić information content (AvgIpc) is 2.60. The van der Waals surface area contributed by atoms with Crippen LogP contribution in [0.25, 0.3) is 0 Å². The molecule has 1 N–H and O–H groups in total. The maximum atomic E-state index is 12.4. The highest BCUT2D eigenvalue weighted by Crippen LogP contribution is 2.24. The number of nitro benzene ring substituents is 1. The number of hydrogen-bond donors (Lipinski definition) is 1. The number of nitrogens with one attached hydrogen (secondary N) is 1. The number of benzene rings is 2. The largest absolute Gasteiger partial charge is 0.497 e. The molecule has 0 aliphatic rings. The van der Waals surface area contributed by atoms with Crippen LogP contribution >= 0.6 is 0 Å². The molecular weight excluding hydrogens is 312 g/mol. The van der Waals surface area contributed by atoms with Gasteiger partial charge in [0, 0.05) is 18.7 Å². The van der Waals surface area contributed by atoms with Crippen molar-refractivity contribution in [3.05, 3.63) is 63.7 Å². The van der Waals surface area contributed by atoms with Gasteiger partial charge in [-0.1, -0.05) is 12.1 Å². The minimum absolute atomic E-state index is 0.133. The van der Waals surface area contributed by atoms with Gasteiger partial charge in [0.2, 0.25) is 0 Å². The van der Waals surface area contributed by atoms with Crippen LogP contribution in [0.2, 0.25) is 0 Å². The third kappa shape index (κ3) is 4.22. The molecule has 0 bridgehead atoms. The minimum atomic E-state index is -0.547. The van der Waals surface area contributed by atoms with Gasteiger partial charge in [0.05, 0.1) is 24.2 Å². The van der Waals surface area contributed by atoms with Crippen LogP contribution in [-0.4, -0.2) is 24.5 Å². The fourth-order valence-corrected chi connectivity index (χ4v) is 2.15. The van der Waals surface area contributed by atoms with E-state index in [4.69, 9.17) is 9.47 Å². The summed E-state index contributed by atoms with van der Waals surface area (Å²) >= 11 is 0. The van der Waals surface area contributed by atoms with Crippen LogP contribution in [0.3, 0.4) is 0 Å². The fourth-order valence-electron chi connectivity index (χ4n) is 2.15. The van der Waals surface area contributed by atoms with E-state index in [0.29, 0.717) is 18.1 Å². The summed E-state index contributed by atoms with van der Waals surface area (Å²) in [4.78, 5) is 22.8. The predicted octanol–water partition coefficient (Wildman–Crippen LogP) is 2.93. The third-order valence-corrected chi connectivity index (χ3v) is 3.31. The predicted molar refractivity (Wildman–Crippen MR) is 88.4 cm³/mol. The summed E-state index contributed by atoms with van der Waals surface area (Å²) in [5, 5.41) is 13.6. The van der Waals surface area contributed by atoms with E-state index in [1.54, 1.807) is 26.2 Å². The number of amides is 1. The molecule has 2 rings (SSSR count). The van der Waals surface area contributed by atoms with Crippen LogP contribution in [0.4, 0.5) is 5.69 Å². The highest BCUT2D eigenvalue weighted by molar-refractivity contribution is 5.97. The second-order valence-electron chi connectivity index (χ2n) is 4.90. The number of hydrogen-bond acceptors (Lipinski definition) is 5. The number of carbonyl (C=O) groups excluding carboxylic acids is 1. The Morgan fingerprint density at radius 1 is 1.25 bits per heavy atom. The van der Waals surface area contributed by atoms with Crippen LogP contribution < -0.4 is 14.8 Å². The molecule has 24 heavy (non-hydrogen) atoms. The Hall–Kier alpha value is -3.09. The number of nitrogens with zero attached hydrogens (tertiary/aromatic N) is 1. The Labute approximate surface area is 139 Å². The second kappa shape index (κ2) is 7.96. The highest BCUT2D eigenvalue weighted by Gasteiger charge is 2.17. The Kier molecular flexibility index (Phi) is 5.73. The zero-order valence-corrected chi connectivity index (χ0v) is 13.4. The molecule has 0 aliphatic heterocycles. The Balaban J connectivity index is 2.18. The van der Waals surface area contributed by atoms with E-state index in [1.807, 2.05) is 12.1 Å². The highest BCUT2D eigenvalue weighted by atomic mass is 16.6. The number of nitro groups is 1. The zero-order valence-electron chi connectivity index (χ0n) is 13.4. The van der Waals surface area contributed by atoms with Gasteiger partial charge < -0.3 is 14.8 Å². The molecule has 0 heterocycles. The van der Waals surface area contributed by atoms with Crippen molar-refractivity contribution in [1.29, 1.82) is 0 Å². The summed E-state index contributed by atoms with van der Waals surface area (Å²) in [6, 6.07) is 11.2. The number of methoxy groups -OCH3 is 1. The van der Waals surface area contributed by atoms with Gasteiger partial charge in [0.1, 0.15) is 11.5 Å². The van der Waals surface area contributed by atoms with Gasteiger partial charge in [-0.15, -0.1) is 0 Å². The number of rotatable bonds is 7. The molecule has 2 aromatic carbocycles. The Morgan fingerprint density at radius 3 is 2.71 bits per heavy atom. The summed E-state index contributed by atoms with van der Waals surface area (Å²) in [7, 11) is 1.56. The van der Waals surface area contributed by atoms with Crippen molar-refractivity contribution in [2.75, 3.05) is 13.7 Å². The van der Waals surface area contributed by atoms with E-state index in [-0.39, 0.29) is 17.8 Å². The summed E-state index contributed by atoms with van der Waals surface area (Å²) < 4.78 is 10.5. The molecule has 0 aromatic heterocycles. The summed E-state index contributed by atoms with van der Waals surface area (Å²) in [6.07, 6.45) is 0. The van der Waals surface area contributed by atoms with Crippen LogP contribution in [-0.2, 0) is 6.54 Å². The molecule has 2 aromatic rings. The van der Waals surface area contributed by atoms with Gasteiger partial charge in [-0.2, -0.15) is 0 Å². The van der Waals surface area contributed by atoms with Crippen molar-refractivity contribution in [3.63, 3.8) is 0 Å². The molecule has 7 nitrogen and oxygen atoms in total. The lowest BCUT2D eigenvalue weighted by Crippen LogP contribution is -2.23. The molecule has 7 heteroatoms. The number of non-ortho nitro benzene ring substituents is 1. The molecule has 0 fully saturated rings. The van der Waals surface area contributed by atoms with Crippen LogP contribution in [0.5, 0.6) is 11.5 Å². The van der Waals surface area contributed by atoms with E-state index in [0.717, 1.165) is 5.56 Å². The first-order valence-corrected chi connectivity index (χ1v) is 7.37. The topological polar surface area (TPSA) is 90.7 Å². The molecule has 0 saturated heterocycles. The summed E-state index contributed by atoms with van der Waals surface area (Å²) in [5.41, 5.74) is 0.824. The Morgan fingerprint density at radius 2 is 2.04 bits per heavy atom. The van der Waals surface area contributed by atoms with Gasteiger partial charge in [-0.3, -0.25) is 14.9 Å². The van der Waals surface area contributed by atoms with Crippen molar-refractivity contribution in [2.24, 2.45) is 0 Å². The minimum Gasteiger partial charge on any atom is -0.497 e. The summed E-state index contributed by atoms with van der Waals surface area (Å²) in [5.74, 6) is 0.559. The molecule has 0 radical (unpaired) electrons. The monoisotopic (exact) mass is 330 g/mol. The molecule has 1 amide bonds. The standard InChI is InChI=1S/C17H18N2O5/c1-3-24-16-8-7-13(19(21)22)10-15(16)17(20)18-11-12-5-4-6-14(9-12)23-2/h4-10H,3,11H2,1-2H3,(H,18,20). The van der Waals surface area contributed by atoms with Gasteiger partial charge in [-0.05, 0) is 30.7 Å². The van der Waals surface area contributed by atoms with Crippen molar-refractivity contribution in [3.8, 4) is 11.5 Å². The van der Waals surface area contributed by atoms with Gasteiger partial charge >= 0.3 is 0 Å². The molecule has 126 valence electrons. The molecular formula is C17H18N2O5. The first-order valence-electron chi connectivity index (χ1n) is 7.37. The van der Waals surface area contributed by atoms with Gasteiger partial charge in [-0.25, -0.2) is 0 Å². The van der Waals surface area contributed by atoms with Crippen LogP contribution in [0, 0.1) is 10.1 Å². The van der Waals surface area contributed by atoms with E-state index in [1.165, 1.54) is 18.2 Å². The lowest BCUT2D eigenvalue weighted by atomic mass is 10.1. The molecule has 0 saturated carbocycles. The maximum absolute atomic E-state index is 12.4. The molecule has 0 spiro atoms. The number of carbonyl (C=O) groups is 1. The smallest absolute Gasteiger partial charge is 0.270 e. The first-order chi connectivity index (χ1) is 11.5. The maximum Gasteiger partial charge on any atom is 0.270 e. The summed E-state index contributed by atoms with van der Waals surface area (Å²) in [6.45, 7) is 2.40. The van der Waals surface area contributed by atoms with E-state index >= 15 is 0 Å². The van der Waals surface area contributed by atoms with E-state index < -0.39 is 10.8 Å². The molecule has 0 unspecified atom stereocenters. The van der Waals surface area contributed by atoms with E-state index in [9.17, 15) is 14.9 Å². The van der Waals surface area contributed by atoms with Gasteiger partial charge in [0.25, 0.3) is 11.6 Å². The van der Waals surface area contributed by atoms with Gasteiger partial charge in [0.15, 0.2) is 0 Å². The lowest BCUT2D eigenvalue weighted by Gasteiger charge is -2.11. The second-order valence-corrected chi connectivity index (χ2v) is 4.90.